The summed E-state index contributed by atoms with van der Waals surface area (Å²) in [5.74, 6) is 0. The quantitative estimate of drug-likeness (QED) is 0.185. The van der Waals surface area contributed by atoms with Crippen molar-refractivity contribution in [2.45, 2.75) is 50.9 Å². The summed E-state index contributed by atoms with van der Waals surface area (Å²) in [4.78, 5) is 0. The normalized spacial score (nSPS) is 17.0. The average molecular weight is 1150 g/mol. The Kier molecular flexibility index (Phi) is 19.9. The van der Waals surface area contributed by atoms with Crippen LogP contribution in [0, 0.1) is 0 Å². The Balaban J connectivity index is 0. The fraction of sp³-hybridized carbons (Fsp3) is 1.00. The summed E-state index contributed by atoms with van der Waals surface area (Å²) < 4.78 is -13.5. The molecule has 0 aromatic heterocycles. The van der Waals surface area contributed by atoms with E-state index in [0.29, 0.717) is 0 Å². The van der Waals surface area contributed by atoms with E-state index >= 15 is 0 Å². The molecule has 256 valence electrons. The molecule has 0 aromatic rings. The SMILES string of the molecule is ClC(Cl)(Cl)C(Cl)(Cl)C(Cl)(Cl)C(Cl)(Cl)C(Cl)(Cl)C(Cl)(Cl)C(Cl)(Cl)C(Cl)(Cl)C(Cl)(Cl)C(Cl)(Cl)C(Cl)(Cl)C(Cl)(Cl)Cl.O=S([O-])O. The molecule has 1 N–H and O–H groups in total. The topological polar surface area (TPSA) is 60.4 Å². The Bertz CT molecular complexity index is 898. The van der Waals surface area contributed by atoms with Gasteiger partial charge >= 0.3 is 0 Å². The fourth-order valence-corrected chi connectivity index (χ4v) is 10.0. The second-order valence-corrected chi connectivity index (χ2v) is 25.2. The van der Waals surface area contributed by atoms with Crippen LogP contribution in [0.15, 0.2) is 0 Å². The van der Waals surface area contributed by atoms with E-state index in [1.807, 2.05) is 0 Å². The van der Waals surface area contributed by atoms with Gasteiger partial charge in [0.2, 0.25) is 16.3 Å². The molecule has 0 fully saturated rings. The van der Waals surface area contributed by atoms with E-state index in [1.54, 1.807) is 0 Å². The van der Waals surface area contributed by atoms with Gasteiger partial charge in [-0.2, -0.15) is 0 Å². The summed E-state index contributed by atoms with van der Waals surface area (Å²) in [5, 5.41) is 0. The van der Waals surface area contributed by atoms with Crippen LogP contribution in [0.3, 0.4) is 0 Å². The third kappa shape index (κ3) is 9.10. The maximum Gasteiger partial charge on any atom is 0.226 e. The molecule has 30 heteroatoms. The van der Waals surface area contributed by atoms with E-state index in [2.05, 4.69) is 0 Å². The zero-order chi connectivity index (χ0) is 35.6. The molecule has 0 amide bonds. The molecular weight excluding hydrogens is 1150 g/mol. The van der Waals surface area contributed by atoms with Gasteiger partial charge in [-0.05, 0) is 0 Å². The lowest BCUT2D eigenvalue weighted by Crippen LogP contribution is -2.74. The maximum absolute atomic E-state index is 8.56. The molecule has 0 aliphatic heterocycles. The zero-order valence-corrected chi connectivity index (χ0v) is 38.0. The molecule has 1 atom stereocenters. The smallest absolute Gasteiger partial charge is 0.226 e. The van der Waals surface area contributed by atoms with Crippen molar-refractivity contribution in [3.63, 3.8) is 0 Å². The third-order valence-corrected chi connectivity index (χ3v) is 21.9. The minimum Gasteiger partial charge on any atom is -0.750 e. The molecule has 0 aromatic carbocycles. The number of hydrogen-bond donors (Lipinski definition) is 1. The second-order valence-electron chi connectivity index (χ2n) is 6.96. The summed E-state index contributed by atoms with van der Waals surface area (Å²) >= 11 is 157. The highest BCUT2D eigenvalue weighted by atomic mass is 35.6. The molecule has 0 spiro atoms. The first-order chi connectivity index (χ1) is 17.5. The van der Waals surface area contributed by atoms with Gasteiger partial charge in [0.15, 0.2) is 34.7 Å². The van der Waals surface area contributed by atoms with Gasteiger partial charge in [-0.1, -0.05) is 302 Å². The van der Waals surface area contributed by atoms with Gasteiger partial charge in [-0.15, -0.1) is 0 Å². The van der Waals surface area contributed by atoms with E-state index in [4.69, 9.17) is 315 Å². The number of halogens is 26. The summed E-state index contributed by atoms with van der Waals surface area (Å²) in [6, 6.07) is 0. The monoisotopic (exact) mass is 1130 g/mol. The van der Waals surface area contributed by atoms with Crippen molar-refractivity contribution in [1.29, 1.82) is 0 Å². The van der Waals surface area contributed by atoms with Crippen molar-refractivity contribution < 1.29 is 13.3 Å². The highest BCUT2D eigenvalue weighted by molar-refractivity contribution is 7.73. The molecule has 0 aliphatic rings. The number of alkyl halides is 26. The summed E-state index contributed by atoms with van der Waals surface area (Å²) in [5.41, 5.74) is 0. The second kappa shape index (κ2) is 16.1. The average Bonchev–Trinajstić information content (AvgIpc) is 2.70. The van der Waals surface area contributed by atoms with Crippen molar-refractivity contribution in [2.75, 3.05) is 0 Å². The van der Waals surface area contributed by atoms with Crippen LogP contribution in [0.4, 0.5) is 0 Å². The zero-order valence-electron chi connectivity index (χ0n) is 17.5. The van der Waals surface area contributed by atoms with Crippen molar-refractivity contribution in [3.8, 4) is 0 Å². The molecule has 0 saturated heterocycles. The molecule has 42 heavy (non-hydrogen) atoms. The number of hydrogen-bond acceptors (Lipinski definition) is 2. The van der Waals surface area contributed by atoms with Gasteiger partial charge in [0.05, 0.1) is 11.4 Å². The van der Waals surface area contributed by atoms with Gasteiger partial charge in [-0.25, -0.2) is 4.21 Å². The van der Waals surface area contributed by atoms with Crippen LogP contribution in [0.25, 0.3) is 0 Å². The number of rotatable bonds is 9. The first-order valence-electron chi connectivity index (χ1n) is 8.18. The van der Waals surface area contributed by atoms with Crippen molar-refractivity contribution in [3.05, 3.63) is 0 Å². The lowest BCUT2D eigenvalue weighted by Gasteiger charge is -2.57. The Morgan fingerprint density at radius 2 is 0.381 bits per heavy atom. The van der Waals surface area contributed by atoms with Crippen molar-refractivity contribution in [2.24, 2.45) is 0 Å². The standard InChI is InChI=1S/C12Cl26.H2O3S/c13-1(14,3(17,18)5(21,22)7(25,26)9(29,30)11(33,34)35)2(15,16)4(19,20)6(23,24)8(27,28)10(31,32)12(36,37)38;1-4(2)3/h;(H2,1,2,3)/p-1. The Morgan fingerprint density at radius 1 is 0.310 bits per heavy atom. The molecule has 1 unspecified atom stereocenters. The molecule has 0 heterocycles. The first-order valence-corrected chi connectivity index (χ1v) is 19.0. The van der Waals surface area contributed by atoms with Gasteiger partial charge in [0, 0.05) is 0 Å². The summed E-state index contributed by atoms with van der Waals surface area (Å²) in [7, 11) is 0. The Morgan fingerprint density at radius 3 is 0.452 bits per heavy atom. The molecule has 0 saturated carbocycles. The Hall–Kier alpha value is 7.61. The van der Waals surface area contributed by atoms with Gasteiger partial charge < -0.3 is 9.11 Å². The van der Waals surface area contributed by atoms with E-state index in [0.717, 1.165) is 0 Å². The highest BCUT2D eigenvalue weighted by Crippen LogP contribution is 2.76. The van der Waals surface area contributed by atoms with Gasteiger partial charge in [0.25, 0.3) is 0 Å². The molecule has 0 radical (unpaired) electrons. The van der Waals surface area contributed by atoms with E-state index in [-0.39, 0.29) is 0 Å². The van der Waals surface area contributed by atoms with Crippen LogP contribution >= 0.6 is 302 Å². The third-order valence-electron chi connectivity index (χ3n) is 4.26. The van der Waals surface area contributed by atoms with Gasteiger partial charge in [-0.3, -0.25) is 0 Å². The molecule has 0 rings (SSSR count). The largest absolute Gasteiger partial charge is 0.750 e. The maximum atomic E-state index is 8.56. The van der Waals surface area contributed by atoms with Gasteiger partial charge in [0.1, 0.15) is 0 Å². The minimum absolute atomic E-state index is 2.75. The van der Waals surface area contributed by atoms with Crippen LogP contribution in [0.1, 0.15) is 0 Å². The molecule has 0 aliphatic carbocycles. The van der Waals surface area contributed by atoms with Crippen molar-refractivity contribution in [1.82, 2.24) is 0 Å². The van der Waals surface area contributed by atoms with Crippen molar-refractivity contribution >= 4 is 313 Å². The molecule has 0 bridgehead atoms. The predicted molar refractivity (Wildman–Crippen MR) is 196 cm³/mol. The molecular formula is C12HCl26O3S-. The summed E-state index contributed by atoms with van der Waals surface area (Å²) in [6.07, 6.45) is 0. The summed E-state index contributed by atoms with van der Waals surface area (Å²) in [6.45, 7) is 0. The molecule has 3 nitrogen and oxygen atoms in total. The van der Waals surface area contributed by atoms with Crippen LogP contribution < -0.4 is 0 Å². The van der Waals surface area contributed by atoms with Crippen LogP contribution in [0.5, 0.6) is 0 Å². The lowest BCUT2D eigenvalue weighted by atomic mass is 9.99. The fourth-order valence-electron chi connectivity index (χ4n) is 1.93. The van der Waals surface area contributed by atoms with E-state index in [1.165, 1.54) is 0 Å². The lowest BCUT2D eigenvalue weighted by molar-refractivity contribution is 0.419. The van der Waals surface area contributed by atoms with E-state index < -0.39 is 62.3 Å². The minimum atomic E-state index is -3.37. The van der Waals surface area contributed by atoms with Crippen LogP contribution in [-0.2, 0) is 11.4 Å². The first kappa shape index (κ1) is 51.7. The van der Waals surface area contributed by atoms with Crippen LogP contribution in [0.2, 0.25) is 0 Å². The Labute approximate surface area is 371 Å². The van der Waals surface area contributed by atoms with E-state index in [9.17, 15) is 0 Å². The van der Waals surface area contributed by atoms with Crippen LogP contribution in [-0.4, -0.2) is 64.2 Å². The highest BCUT2D eigenvalue weighted by Gasteiger charge is 2.85. The predicted octanol–water partition coefficient (Wildman–Crippen LogP) is 14.8.